The van der Waals surface area contributed by atoms with Crippen molar-refractivity contribution in [3.8, 4) is 0 Å². The summed E-state index contributed by atoms with van der Waals surface area (Å²) in [5.74, 6) is 1.26. The summed E-state index contributed by atoms with van der Waals surface area (Å²) in [6.45, 7) is 4.86. The molecule has 0 spiro atoms. The first kappa shape index (κ1) is 13.8. The summed E-state index contributed by atoms with van der Waals surface area (Å²) < 4.78 is 5.49. The molecule has 1 amide bonds. The first-order valence-electron chi connectivity index (χ1n) is 6.12. The zero-order chi connectivity index (χ0) is 12.0. The van der Waals surface area contributed by atoms with Crippen molar-refractivity contribution in [1.29, 1.82) is 0 Å². The van der Waals surface area contributed by atoms with Crippen molar-refractivity contribution in [2.24, 2.45) is 5.92 Å². The van der Waals surface area contributed by atoms with E-state index in [2.05, 4.69) is 12.2 Å². The van der Waals surface area contributed by atoms with E-state index < -0.39 is 0 Å². The van der Waals surface area contributed by atoms with Gasteiger partial charge in [-0.05, 0) is 38.5 Å². The van der Waals surface area contributed by atoms with E-state index in [1.807, 2.05) is 6.92 Å². The van der Waals surface area contributed by atoms with Gasteiger partial charge in [-0.1, -0.05) is 6.92 Å². The average Bonchev–Trinajstić information content (AvgIpc) is 2.70. The number of alkyl halides is 1. The van der Waals surface area contributed by atoms with Crippen molar-refractivity contribution in [2.45, 2.75) is 51.7 Å². The fraction of sp³-hybridized carbons (Fsp3) is 0.917. The topological polar surface area (TPSA) is 38.3 Å². The Morgan fingerprint density at radius 2 is 2.31 bits per heavy atom. The highest BCUT2D eigenvalue weighted by Crippen LogP contribution is 2.18. The van der Waals surface area contributed by atoms with Crippen LogP contribution in [0.25, 0.3) is 0 Å². The van der Waals surface area contributed by atoms with Crippen molar-refractivity contribution in [3.05, 3.63) is 0 Å². The van der Waals surface area contributed by atoms with Crippen LogP contribution in [0, 0.1) is 5.92 Å². The van der Waals surface area contributed by atoms with Crippen LogP contribution < -0.4 is 5.32 Å². The molecule has 0 aromatic carbocycles. The van der Waals surface area contributed by atoms with Crippen molar-refractivity contribution in [1.82, 2.24) is 5.32 Å². The third kappa shape index (κ3) is 4.71. The van der Waals surface area contributed by atoms with Crippen LogP contribution in [0.1, 0.15) is 39.5 Å². The van der Waals surface area contributed by atoms with Gasteiger partial charge >= 0.3 is 0 Å². The lowest BCUT2D eigenvalue weighted by Gasteiger charge is -2.12. The molecule has 1 aliphatic heterocycles. The second-order valence-corrected chi connectivity index (χ2v) is 5.01. The fourth-order valence-corrected chi connectivity index (χ4v) is 2.00. The summed E-state index contributed by atoms with van der Waals surface area (Å²) in [6.07, 6.45) is 3.90. The van der Waals surface area contributed by atoms with Crippen LogP contribution in [0.5, 0.6) is 0 Å². The largest absolute Gasteiger partial charge is 0.365 e. The molecule has 0 radical (unpaired) electrons. The third-order valence-electron chi connectivity index (χ3n) is 2.96. The molecule has 1 saturated heterocycles. The third-order valence-corrected chi connectivity index (χ3v) is 3.49. The van der Waals surface area contributed by atoms with Gasteiger partial charge in [-0.25, -0.2) is 0 Å². The summed E-state index contributed by atoms with van der Waals surface area (Å²) in [5, 5.41) is 2.92. The molecule has 1 fully saturated rings. The monoisotopic (exact) mass is 247 g/mol. The minimum Gasteiger partial charge on any atom is -0.365 e. The quantitative estimate of drug-likeness (QED) is 0.578. The number of hydrogen-bond donors (Lipinski definition) is 1. The molecule has 94 valence electrons. The zero-order valence-electron chi connectivity index (χ0n) is 10.2. The molecule has 3 unspecified atom stereocenters. The summed E-state index contributed by atoms with van der Waals surface area (Å²) in [6, 6.07) is 0. The predicted molar refractivity (Wildman–Crippen MR) is 65.7 cm³/mol. The number of rotatable bonds is 6. The first-order chi connectivity index (χ1) is 7.63. The molecule has 0 saturated carbocycles. The van der Waals surface area contributed by atoms with Crippen LogP contribution in [0.4, 0.5) is 0 Å². The van der Waals surface area contributed by atoms with E-state index in [1.54, 1.807) is 0 Å². The van der Waals surface area contributed by atoms with E-state index in [1.165, 1.54) is 0 Å². The van der Waals surface area contributed by atoms with Crippen LogP contribution in [-0.4, -0.2) is 30.5 Å². The summed E-state index contributed by atoms with van der Waals surface area (Å²) in [7, 11) is 0. The maximum Gasteiger partial charge on any atom is 0.249 e. The number of ether oxygens (including phenoxy) is 1. The SMILES string of the molecule is CC(CCl)CCCNC(=O)C1CCC(C)O1. The molecule has 0 aliphatic carbocycles. The molecule has 3 atom stereocenters. The van der Waals surface area contributed by atoms with Gasteiger partial charge in [0.2, 0.25) is 5.91 Å². The zero-order valence-corrected chi connectivity index (χ0v) is 10.9. The number of halogens is 1. The molecule has 0 bridgehead atoms. The van der Waals surface area contributed by atoms with Gasteiger partial charge in [0.1, 0.15) is 6.10 Å². The van der Waals surface area contributed by atoms with Crippen molar-refractivity contribution in [2.75, 3.05) is 12.4 Å². The van der Waals surface area contributed by atoms with Crippen molar-refractivity contribution in [3.63, 3.8) is 0 Å². The molecule has 1 rings (SSSR count). The smallest absolute Gasteiger partial charge is 0.249 e. The van der Waals surface area contributed by atoms with Gasteiger partial charge in [0.15, 0.2) is 0 Å². The molecular weight excluding hydrogens is 226 g/mol. The summed E-state index contributed by atoms with van der Waals surface area (Å²) >= 11 is 5.71. The molecule has 4 heteroatoms. The molecular formula is C12H22ClNO2. The summed E-state index contributed by atoms with van der Waals surface area (Å²) in [4.78, 5) is 11.6. The Bertz CT molecular complexity index is 223. The number of carbonyl (C=O) groups is 1. The van der Waals surface area contributed by atoms with Gasteiger partial charge in [0, 0.05) is 12.4 Å². The van der Waals surface area contributed by atoms with Crippen molar-refractivity contribution < 1.29 is 9.53 Å². The van der Waals surface area contributed by atoms with E-state index in [-0.39, 0.29) is 18.1 Å². The van der Waals surface area contributed by atoms with E-state index in [0.29, 0.717) is 11.8 Å². The Hall–Kier alpha value is -0.280. The highest BCUT2D eigenvalue weighted by Gasteiger charge is 2.27. The van der Waals surface area contributed by atoms with Gasteiger partial charge in [-0.3, -0.25) is 4.79 Å². The normalized spacial score (nSPS) is 26.7. The average molecular weight is 248 g/mol. The number of carbonyl (C=O) groups excluding carboxylic acids is 1. The molecule has 0 aromatic rings. The lowest BCUT2D eigenvalue weighted by atomic mass is 10.1. The first-order valence-corrected chi connectivity index (χ1v) is 6.66. The predicted octanol–water partition coefficient (Wildman–Crippen LogP) is 2.33. The maximum absolute atomic E-state index is 11.6. The molecule has 16 heavy (non-hydrogen) atoms. The highest BCUT2D eigenvalue weighted by atomic mass is 35.5. The Kier molecular flexibility index (Phi) is 6.14. The minimum atomic E-state index is -0.222. The van der Waals surface area contributed by atoms with Gasteiger partial charge in [0.05, 0.1) is 6.10 Å². The number of hydrogen-bond acceptors (Lipinski definition) is 2. The standard InChI is InChI=1S/C12H22ClNO2/c1-9(8-13)4-3-7-14-12(15)11-6-5-10(2)16-11/h9-11H,3-8H2,1-2H3,(H,14,15). The van der Waals surface area contributed by atoms with Gasteiger partial charge in [-0.2, -0.15) is 0 Å². The molecule has 0 aromatic heterocycles. The lowest BCUT2D eigenvalue weighted by molar-refractivity contribution is -0.131. The van der Waals surface area contributed by atoms with Crippen LogP contribution in [0.2, 0.25) is 0 Å². The van der Waals surface area contributed by atoms with Crippen LogP contribution in [-0.2, 0) is 9.53 Å². The molecule has 1 heterocycles. The van der Waals surface area contributed by atoms with Gasteiger partial charge in [-0.15, -0.1) is 11.6 Å². The van der Waals surface area contributed by atoms with Crippen molar-refractivity contribution >= 4 is 17.5 Å². The van der Waals surface area contributed by atoms with Crippen LogP contribution >= 0.6 is 11.6 Å². The van der Waals surface area contributed by atoms with E-state index >= 15 is 0 Å². The highest BCUT2D eigenvalue weighted by molar-refractivity contribution is 6.18. The fourth-order valence-electron chi connectivity index (χ4n) is 1.85. The Labute approximate surface area is 103 Å². The Balaban J connectivity index is 2.06. The second kappa shape index (κ2) is 7.13. The maximum atomic E-state index is 11.6. The van der Waals surface area contributed by atoms with E-state index in [4.69, 9.17) is 16.3 Å². The van der Waals surface area contributed by atoms with Crippen LogP contribution in [0.15, 0.2) is 0 Å². The van der Waals surface area contributed by atoms with Crippen LogP contribution in [0.3, 0.4) is 0 Å². The van der Waals surface area contributed by atoms with Gasteiger partial charge < -0.3 is 10.1 Å². The number of amides is 1. The minimum absolute atomic E-state index is 0.0443. The lowest BCUT2D eigenvalue weighted by Crippen LogP contribution is -2.35. The van der Waals surface area contributed by atoms with E-state index in [9.17, 15) is 4.79 Å². The number of nitrogens with one attached hydrogen (secondary N) is 1. The molecule has 1 aliphatic rings. The Morgan fingerprint density at radius 1 is 1.56 bits per heavy atom. The van der Waals surface area contributed by atoms with Gasteiger partial charge in [0.25, 0.3) is 0 Å². The Morgan fingerprint density at radius 3 is 2.88 bits per heavy atom. The second-order valence-electron chi connectivity index (χ2n) is 4.71. The molecule has 1 N–H and O–H groups in total. The van der Waals surface area contributed by atoms with E-state index in [0.717, 1.165) is 32.2 Å². The summed E-state index contributed by atoms with van der Waals surface area (Å²) in [5.41, 5.74) is 0. The molecule has 3 nitrogen and oxygen atoms in total.